The zero-order valence-electron chi connectivity index (χ0n) is 0. The normalized spacial score (nSPS) is 0. The Balaban J connectivity index is 0. The summed E-state index contributed by atoms with van der Waals surface area (Å²) in [7, 11) is 0. The molecule has 0 aromatic heterocycles. The first-order valence-corrected chi connectivity index (χ1v) is 0. The second-order valence-electron chi connectivity index (χ2n) is 0. The fraction of sp³-hybridized carbons (Fsp3) is 0. The van der Waals surface area contributed by atoms with Gasteiger partial charge in [-0.3, -0.25) is 0 Å². The van der Waals surface area contributed by atoms with E-state index in [9.17, 15) is 0 Å². The molecule has 0 nitrogen and oxygen atoms in total. The number of hydrogen-bond donors (Lipinski definition) is 0. The van der Waals surface area contributed by atoms with E-state index in [-0.39, 0.29) is 148 Å². The van der Waals surface area contributed by atoms with Gasteiger partial charge in [-0.15, -0.1) is 0 Å². The molecule has 0 heterocycles. The average Bonchev–Trinajstić information content (AvgIpc) is 0. The predicted molar refractivity (Wildman–Crippen MR) is 35.7 cm³/mol. The molecule has 5 heteroatoms. The third-order valence-electron chi connectivity index (χ3n) is 0. The summed E-state index contributed by atoms with van der Waals surface area (Å²) in [6.07, 6.45) is 0. The molecular weight excluding hydrogens is 115 g/mol. The van der Waals surface area contributed by atoms with Gasteiger partial charge in [0, 0.05) is 0 Å². The van der Waals surface area contributed by atoms with Crippen molar-refractivity contribution < 1.29 is 0 Å². The quantitative estimate of drug-likeness (QED) is 0.295. The Morgan fingerprint density at radius 2 is 0.200 bits per heavy atom. The van der Waals surface area contributed by atoms with Crippen LogP contribution in [0.4, 0.5) is 0 Å². The van der Waals surface area contributed by atoms with Crippen molar-refractivity contribution in [1.29, 1.82) is 0 Å². The van der Waals surface area contributed by atoms with Gasteiger partial charge in [0.15, 0.2) is 0 Å². The van der Waals surface area contributed by atoms with Crippen LogP contribution in [0.3, 0.4) is 0 Å². The van der Waals surface area contributed by atoms with Crippen molar-refractivity contribution in [1.82, 2.24) is 0 Å². The van der Waals surface area contributed by atoms with E-state index in [2.05, 4.69) is 0 Å². The molecule has 0 rings (SSSR count). The summed E-state index contributed by atoms with van der Waals surface area (Å²) in [5.74, 6) is 0. The van der Waals surface area contributed by atoms with E-state index < -0.39 is 0 Å². The molecule has 0 unspecified atom stereocenters. The standard InChI is InChI=1S/5Na.5H. The Labute approximate surface area is 143 Å². The molecule has 0 saturated carbocycles. The summed E-state index contributed by atoms with van der Waals surface area (Å²) < 4.78 is 0. The summed E-state index contributed by atoms with van der Waals surface area (Å²) in [5, 5.41) is 0. The van der Waals surface area contributed by atoms with Crippen LogP contribution in [-0.2, 0) is 0 Å². The molecule has 0 bridgehead atoms. The summed E-state index contributed by atoms with van der Waals surface area (Å²) in [4.78, 5) is 0. The van der Waals surface area contributed by atoms with Crippen molar-refractivity contribution in [2.24, 2.45) is 0 Å². The maximum absolute atomic E-state index is 0. The van der Waals surface area contributed by atoms with E-state index in [4.69, 9.17) is 0 Å². The molecule has 0 atom stereocenters. The van der Waals surface area contributed by atoms with Crippen molar-refractivity contribution in [3.8, 4) is 0 Å². The SMILES string of the molecule is [NaH].[NaH].[NaH].[NaH].[NaH]. The molecule has 0 aliphatic rings. The second-order valence-corrected chi connectivity index (χ2v) is 0. The molecule has 10 valence electrons. The molecule has 0 aliphatic carbocycles. The monoisotopic (exact) mass is 120 g/mol. The average molecular weight is 120 g/mol. The van der Waals surface area contributed by atoms with Crippen molar-refractivity contribution in [2.75, 3.05) is 0 Å². The zero-order valence-corrected chi connectivity index (χ0v) is 0. The number of hydrogen-bond acceptors (Lipinski definition) is 0. The van der Waals surface area contributed by atoms with Crippen LogP contribution < -0.4 is 0 Å². The van der Waals surface area contributed by atoms with Gasteiger partial charge < -0.3 is 0 Å². The Morgan fingerprint density at radius 3 is 0.200 bits per heavy atom. The molecule has 0 aliphatic heterocycles. The van der Waals surface area contributed by atoms with Gasteiger partial charge in [0.1, 0.15) is 0 Å². The third kappa shape index (κ3) is 17.6. The molecule has 0 fully saturated rings. The predicted octanol–water partition coefficient (Wildman–Crippen LogP) is -3.24. The fourth-order valence-electron chi connectivity index (χ4n) is 0. The molecule has 0 aromatic carbocycles. The van der Waals surface area contributed by atoms with Crippen molar-refractivity contribution in [3.05, 3.63) is 0 Å². The van der Waals surface area contributed by atoms with Crippen molar-refractivity contribution in [3.63, 3.8) is 0 Å². The van der Waals surface area contributed by atoms with Crippen LogP contribution in [-0.4, -0.2) is 148 Å². The first kappa shape index (κ1) is 32.4. The van der Waals surface area contributed by atoms with Crippen LogP contribution >= 0.6 is 0 Å². The van der Waals surface area contributed by atoms with Gasteiger partial charge in [0.25, 0.3) is 0 Å². The van der Waals surface area contributed by atoms with Crippen LogP contribution in [0.2, 0.25) is 0 Å². The van der Waals surface area contributed by atoms with E-state index >= 15 is 0 Å². The summed E-state index contributed by atoms with van der Waals surface area (Å²) in [6.45, 7) is 0. The van der Waals surface area contributed by atoms with Crippen molar-refractivity contribution in [2.45, 2.75) is 0 Å². The zero-order chi connectivity index (χ0) is 0. The molecule has 0 radical (unpaired) electrons. The van der Waals surface area contributed by atoms with E-state index in [1.54, 1.807) is 0 Å². The molecule has 0 aromatic rings. The van der Waals surface area contributed by atoms with Crippen LogP contribution in [0.5, 0.6) is 0 Å². The third-order valence-corrected chi connectivity index (χ3v) is 0. The van der Waals surface area contributed by atoms with Gasteiger partial charge in [-0.25, -0.2) is 0 Å². The Hall–Kier alpha value is 5.00. The van der Waals surface area contributed by atoms with Crippen molar-refractivity contribution >= 4 is 148 Å². The van der Waals surface area contributed by atoms with E-state index in [1.165, 1.54) is 0 Å². The first-order chi connectivity index (χ1) is 0. The van der Waals surface area contributed by atoms with Gasteiger partial charge >= 0.3 is 148 Å². The van der Waals surface area contributed by atoms with Gasteiger partial charge in [0.2, 0.25) is 0 Å². The van der Waals surface area contributed by atoms with E-state index in [1.807, 2.05) is 0 Å². The molecule has 0 spiro atoms. The van der Waals surface area contributed by atoms with Gasteiger partial charge in [-0.2, -0.15) is 0 Å². The Morgan fingerprint density at radius 1 is 0.200 bits per heavy atom. The minimum absolute atomic E-state index is 0. The fourth-order valence-corrected chi connectivity index (χ4v) is 0. The van der Waals surface area contributed by atoms with Crippen LogP contribution in [0.1, 0.15) is 0 Å². The first-order valence-electron chi connectivity index (χ1n) is 0. The molecule has 0 amide bonds. The van der Waals surface area contributed by atoms with Gasteiger partial charge in [-0.1, -0.05) is 0 Å². The Kier molecular flexibility index (Phi) is 149. The van der Waals surface area contributed by atoms with Crippen LogP contribution in [0.25, 0.3) is 0 Å². The topological polar surface area (TPSA) is 0 Å². The second kappa shape index (κ2) is 23.0. The number of rotatable bonds is 0. The van der Waals surface area contributed by atoms with E-state index in [0.29, 0.717) is 0 Å². The van der Waals surface area contributed by atoms with Crippen LogP contribution in [0, 0.1) is 0 Å². The summed E-state index contributed by atoms with van der Waals surface area (Å²) in [5.41, 5.74) is 0. The van der Waals surface area contributed by atoms with Gasteiger partial charge in [-0.05, 0) is 0 Å². The summed E-state index contributed by atoms with van der Waals surface area (Å²) >= 11 is 0. The molecule has 0 saturated heterocycles. The minimum atomic E-state index is 0. The Bertz CT molecular complexity index is 0. The molecule has 0 N–H and O–H groups in total. The van der Waals surface area contributed by atoms with Crippen LogP contribution in [0.15, 0.2) is 0 Å². The maximum atomic E-state index is 0. The molecule has 5 heavy (non-hydrogen) atoms. The molecular formula is H5Na5. The van der Waals surface area contributed by atoms with Gasteiger partial charge in [0.05, 0.1) is 0 Å². The van der Waals surface area contributed by atoms with E-state index in [0.717, 1.165) is 0 Å². The summed E-state index contributed by atoms with van der Waals surface area (Å²) in [6, 6.07) is 0.